The van der Waals surface area contributed by atoms with Crippen LogP contribution in [0.15, 0.2) is 79.3 Å². The number of nitrogens with two attached hydrogens (primary N) is 1. The van der Waals surface area contributed by atoms with Crippen molar-refractivity contribution in [2.75, 3.05) is 12.3 Å². The van der Waals surface area contributed by atoms with Crippen molar-refractivity contribution in [3.8, 4) is 0 Å². The Morgan fingerprint density at radius 1 is 0.906 bits per heavy atom. The summed E-state index contributed by atoms with van der Waals surface area (Å²) in [6.07, 6.45) is -0.975. The predicted octanol–water partition coefficient (Wildman–Crippen LogP) is -0.0334. The standard InChI is InChI=1S/C11H14N4O4.2C6H5.Sn/c12-9-5-1-2-15(10(5)14-4-13-9)11-8(18)7(17)6(3-16)19-11;2*1-2-4-6-5-3-1;/h1-2,4,6-8,11,16-18H,3H2,(H2,12,13,14);2*1-5H;. The molecule has 0 spiro atoms. The Balaban J connectivity index is 0.000000165. The van der Waals surface area contributed by atoms with Gasteiger partial charge in [-0.3, -0.25) is 0 Å². The van der Waals surface area contributed by atoms with E-state index in [2.05, 4.69) is 70.6 Å². The van der Waals surface area contributed by atoms with Gasteiger partial charge in [0.05, 0.1) is 12.0 Å². The van der Waals surface area contributed by atoms with Gasteiger partial charge in [-0.2, -0.15) is 0 Å². The number of fused-ring (bicyclic) bond motifs is 1. The number of aliphatic hydroxyl groups excluding tert-OH is 3. The van der Waals surface area contributed by atoms with Crippen LogP contribution in [0.25, 0.3) is 11.0 Å². The maximum atomic E-state index is 9.98. The first-order valence-electron chi connectivity index (χ1n) is 10.1. The molecule has 5 N–H and O–H groups in total. The Kier molecular flexibility index (Phi) is 7.38. The molecule has 8 nitrogen and oxygen atoms in total. The Labute approximate surface area is 195 Å². The fourth-order valence-electron chi connectivity index (χ4n) is 3.52. The molecule has 0 saturated carbocycles. The van der Waals surface area contributed by atoms with E-state index in [0.29, 0.717) is 16.9 Å². The van der Waals surface area contributed by atoms with Crippen molar-refractivity contribution < 1.29 is 20.1 Å². The van der Waals surface area contributed by atoms with E-state index in [9.17, 15) is 10.2 Å². The van der Waals surface area contributed by atoms with E-state index in [0.717, 1.165) is 0 Å². The van der Waals surface area contributed by atoms with Crippen LogP contribution in [-0.4, -0.2) is 75.9 Å². The van der Waals surface area contributed by atoms with E-state index in [1.54, 1.807) is 16.8 Å². The quantitative estimate of drug-likeness (QED) is 0.269. The summed E-state index contributed by atoms with van der Waals surface area (Å²) in [7, 11) is 0. The molecule has 0 bridgehead atoms. The molecule has 1 saturated heterocycles. The topological polar surface area (TPSA) is 127 Å². The third-order valence-corrected chi connectivity index (χ3v) is 8.72. The summed E-state index contributed by atoms with van der Waals surface area (Å²) in [4.78, 5) is 7.97. The molecule has 3 heterocycles. The molecular weight excluding hydrogens is 515 g/mol. The summed E-state index contributed by atoms with van der Waals surface area (Å²) in [5, 5.41) is 29.4. The summed E-state index contributed by atoms with van der Waals surface area (Å²) in [6, 6.07) is 23.3. The van der Waals surface area contributed by atoms with Gasteiger partial charge in [0.2, 0.25) is 0 Å². The summed E-state index contributed by atoms with van der Waals surface area (Å²) in [5.41, 5.74) is 6.23. The average molecular weight is 539 g/mol. The summed E-state index contributed by atoms with van der Waals surface area (Å²) in [5.74, 6) is 0.329. The normalized spacial score (nSPS) is 22.5. The molecule has 2 aromatic heterocycles. The number of aromatic nitrogens is 3. The van der Waals surface area contributed by atoms with Crippen LogP contribution in [-0.2, 0) is 4.74 Å². The Hall–Kier alpha value is -2.50. The molecule has 2 radical (unpaired) electrons. The van der Waals surface area contributed by atoms with Gasteiger partial charge in [0, 0.05) is 6.20 Å². The molecule has 4 unspecified atom stereocenters. The van der Waals surface area contributed by atoms with E-state index in [-0.39, 0.29) is 6.61 Å². The first-order chi connectivity index (χ1) is 15.6. The molecule has 4 aromatic rings. The molecule has 1 aliphatic heterocycles. The summed E-state index contributed by atoms with van der Waals surface area (Å²) < 4.78 is 10.1. The van der Waals surface area contributed by atoms with Gasteiger partial charge in [-0.15, -0.1) is 0 Å². The van der Waals surface area contributed by atoms with Gasteiger partial charge in [0.15, 0.2) is 6.23 Å². The van der Waals surface area contributed by atoms with Crippen molar-refractivity contribution in [3.05, 3.63) is 79.3 Å². The minimum absolute atomic E-state index is 0.329. The molecule has 0 amide bonds. The number of aliphatic hydroxyl groups is 3. The van der Waals surface area contributed by atoms with Crippen LogP contribution in [0.1, 0.15) is 6.23 Å². The van der Waals surface area contributed by atoms with Crippen molar-refractivity contribution in [3.63, 3.8) is 0 Å². The second-order valence-electron chi connectivity index (χ2n) is 7.31. The zero-order chi connectivity index (χ0) is 22.5. The van der Waals surface area contributed by atoms with E-state index in [1.165, 1.54) is 13.5 Å². The van der Waals surface area contributed by atoms with E-state index in [4.69, 9.17) is 15.6 Å². The number of benzene rings is 2. The molecule has 0 aliphatic carbocycles. The Morgan fingerprint density at radius 2 is 1.53 bits per heavy atom. The SMILES string of the molecule is Nc1ncnc2c1ccn2C1OC(CO)C(O)C1O.c1cc[c]([Sn][c]2ccccc2)cc1. The van der Waals surface area contributed by atoms with Crippen molar-refractivity contribution in [2.24, 2.45) is 0 Å². The first-order valence-corrected chi connectivity index (χ1v) is 13.0. The Bertz CT molecular complexity index is 1110. The molecule has 32 heavy (non-hydrogen) atoms. The molecule has 1 aliphatic rings. The van der Waals surface area contributed by atoms with Crippen molar-refractivity contribution >= 4 is 45.2 Å². The molecular formula is C23H24N4O4Sn. The number of ether oxygens (including phenoxy) is 1. The van der Waals surface area contributed by atoms with Gasteiger partial charge in [0.25, 0.3) is 0 Å². The van der Waals surface area contributed by atoms with Gasteiger partial charge in [-0.05, 0) is 6.07 Å². The van der Waals surface area contributed by atoms with Gasteiger partial charge >= 0.3 is 89.0 Å². The van der Waals surface area contributed by atoms with Crippen molar-refractivity contribution in [1.29, 1.82) is 0 Å². The van der Waals surface area contributed by atoms with Crippen LogP contribution < -0.4 is 12.9 Å². The fraction of sp³-hybridized carbons (Fsp3) is 0.217. The number of nitrogen functional groups attached to an aromatic ring is 1. The van der Waals surface area contributed by atoms with Crippen LogP contribution in [0.5, 0.6) is 0 Å². The third-order valence-electron chi connectivity index (χ3n) is 5.17. The molecule has 5 rings (SSSR count). The number of hydrogen-bond acceptors (Lipinski definition) is 7. The number of hydrogen-bond donors (Lipinski definition) is 4. The fourth-order valence-corrected chi connectivity index (χ4v) is 6.52. The van der Waals surface area contributed by atoms with Crippen LogP contribution >= 0.6 is 0 Å². The molecule has 4 atom stereocenters. The molecule has 9 heteroatoms. The van der Waals surface area contributed by atoms with E-state index >= 15 is 0 Å². The Morgan fingerprint density at radius 3 is 2.09 bits per heavy atom. The monoisotopic (exact) mass is 540 g/mol. The zero-order valence-corrected chi connectivity index (χ0v) is 20.0. The number of nitrogens with zero attached hydrogens (tertiary/aromatic N) is 3. The van der Waals surface area contributed by atoms with Gasteiger partial charge < -0.3 is 30.4 Å². The van der Waals surface area contributed by atoms with Crippen LogP contribution in [0.3, 0.4) is 0 Å². The second kappa shape index (κ2) is 10.4. The van der Waals surface area contributed by atoms with Gasteiger partial charge in [0.1, 0.15) is 36.1 Å². The van der Waals surface area contributed by atoms with Crippen molar-refractivity contribution in [1.82, 2.24) is 14.5 Å². The van der Waals surface area contributed by atoms with Gasteiger partial charge in [-0.1, -0.05) is 0 Å². The van der Waals surface area contributed by atoms with E-state index < -0.39 is 45.7 Å². The zero-order valence-electron chi connectivity index (χ0n) is 17.2. The average Bonchev–Trinajstić information content (AvgIpc) is 3.37. The third kappa shape index (κ3) is 4.94. The first kappa shape index (κ1) is 22.7. The predicted molar refractivity (Wildman–Crippen MR) is 123 cm³/mol. The molecule has 2 aromatic carbocycles. The van der Waals surface area contributed by atoms with Gasteiger partial charge in [-0.25, -0.2) is 9.97 Å². The maximum absolute atomic E-state index is 9.98. The summed E-state index contributed by atoms with van der Waals surface area (Å²) in [6.45, 7) is -0.370. The number of anilines is 1. The second-order valence-corrected chi connectivity index (χ2v) is 11.3. The summed E-state index contributed by atoms with van der Waals surface area (Å²) >= 11 is -0.517. The van der Waals surface area contributed by atoms with Crippen molar-refractivity contribution in [2.45, 2.75) is 24.5 Å². The van der Waals surface area contributed by atoms with Crippen LogP contribution in [0.4, 0.5) is 5.82 Å². The molecule has 1 fully saturated rings. The van der Waals surface area contributed by atoms with E-state index in [1.807, 2.05) is 0 Å². The minimum atomic E-state index is -1.15. The molecule has 164 valence electrons. The van der Waals surface area contributed by atoms with Crippen LogP contribution in [0, 0.1) is 0 Å². The van der Waals surface area contributed by atoms with Crippen LogP contribution in [0.2, 0.25) is 0 Å². The number of rotatable bonds is 4.